The van der Waals surface area contributed by atoms with E-state index in [9.17, 15) is 14.7 Å². The smallest absolute Gasteiger partial charge is 0.323 e. The molecule has 0 fully saturated rings. The molecule has 0 aliphatic rings. The highest BCUT2D eigenvalue weighted by Gasteiger charge is 2.14. The summed E-state index contributed by atoms with van der Waals surface area (Å²) in [6.07, 6.45) is 1.85. The standard InChI is InChI=1S/C26H20N4O3S/c31-21-6-4-19(5-7-21)29-26(33)30-24-13-17(2-8-22(24)18-10-12-34-15-18)25(32)28-20-3-1-16-9-11-27-23(16)14-20/h1-15,27,31H,(H,28,32)(H2,29,30,33). The number of phenolic OH excluding ortho intramolecular Hbond substituents is 1. The molecule has 0 unspecified atom stereocenters. The van der Waals surface area contributed by atoms with E-state index in [-0.39, 0.29) is 11.7 Å². The van der Waals surface area contributed by atoms with Crippen LogP contribution in [0.1, 0.15) is 10.4 Å². The third-order valence-corrected chi connectivity index (χ3v) is 5.98. The van der Waals surface area contributed by atoms with E-state index >= 15 is 0 Å². The van der Waals surface area contributed by atoms with Gasteiger partial charge < -0.3 is 26.0 Å². The average Bonchev–Trinajstić information content (AvgIpc) is 3.52. The maximum atomic E-state index is 13.0. The zero-order valence-corrected chi connectivity index (χ0v) is 18.6. The summed E-state index contributed by atoms with van der Waals surface area (Å²) in [5.41, 5.74) is 4.77. The molecule has 0 aliphatic carbocycles. The third-order valence-electron chi connectivity index (χ3n) is 5.30. The lowest BCUT2D eigenvalue weighted by molar-refractivity contribution is 0.102. The summed E-state index contributed by atoms with van der Waals surface area (Å²) in [7, 11) is 0. The van der Waals surface area contributed by atoms with Gasteiger partial charge in [0.2, 0.25) is 0 Å². The Balaban J connectivity index is 1.39. The number of benzene rings is 3. The zero-order valence-electron chi connectivity index (χ0n) is 17.8. The van der Waals surface area contributed by atoms with E-state index in [0.717, 1.165) is 22.0 Å². The van der Waals surface area contributed by atoms with Crippen LogP contribution in [0, 0.1) is 0 Å². The fraction of sp³-hybridized carbons (Fsp3) is 0. The molecule has 3 amide bonds. The normalized spacial score (nSPS) is 10.7. The zero-order chi connectivity index (χ0) is 23.5. The number of anilines is 3. The maximum absolute atomic E-state index is 13.0. The fourth-order valence-corrected chi connectivity index (χ4v) is 4.27. The number of H-pyrrole nitrogens is 1. The highest BCUT2D eigenvalue weighted by atomic mass is 32.1. The molecule has 0 radical (unpaired) electrons. The van der Waals surface area contributed by atoms with E-state index in [1.54, 1.807) is 35.6 Å². The summed E-state index contributed by atoms with van der Waals surface area (Å²) in [4.78, 5) is 28.8. The van der Waals surface area contributed by atoms with Crippen molar-refractivity contribution < 1.29 is 14.7 Å². The van der Waals surface area contributed by atoms with Gasteiger partial charge in [-0.3, -0.25) is 4.79 Å². The minimum atomic E-state index is -0.461. The molecule has 168 valence electrons. The van der Waals surface area contributed by atoms with E-state index in [1.165, 1.54) is 12.1 Å². The Kier molecular flexibility index (Phi) is 5.72. The number of carbonyl (C=O) groups excluding carboxylic acids is 2. The molecule has 5 rings (SSSR count). The van der Waals surface area contributed by atoms with Gasteiger partial charge >= 0.3 is 6.03 Å². The largest absolute Gasteiger partial charge is 0.508 e. The Hall–Kier alpha value is -4.56. The van der Waals surface area contributed by atoms with Crippen molar-refractivity contribution in [3.8, 4) is 16.9 Å². The van der Waals surface area contributed by atoms with Crippen molar-refractivity contribution in [2.45, 2.75) is 0 Å². The first-order valence-corrected chi connectivity index (χ1v) is 11.4. The van der Waals surface area contributed by atoms with Gasteiger partial charge in [0.15, 0.2) is 0 Å². The molecular weight excluding hydrogens is 448 g/mol. The highest BCUT2D eigenvalue weighted by molar-refractivity contribution is 7.08. The van der Waals surface area contributed by atoms with Crippen LogP contribution in [0.25, 0.3) is 22.0 Å². The molecule has 0 saturated carbocycles. The molecule has 3 aromatic carbocycles. The molecule has 0 aliphatic heterocycles. The molecule has 8 heteroatoms. The number of hydrogen-bond acceptors (Lipinski definition) is 4. The lowest BCUT2D eigenvalue weighted by Gasteiger charge is -2.14. The first-order valence-electron chi connectivity index (χ1n) is 10.5. The molecule has 0 atom stereocenters. The van der Waals surface area contributed by atoms with Crippen molar-refractivity contribution in [2.75, 3.05) is 16.0 Å². The van der Waals surface area contributed by atoms with Gasteiger partial charge in [0.1, 0.15) is 5.75 Å². The SMILES string of the molecule is O=C(Nc1ccc(O)cc1)Nc1cc(C(=O)Nc2ccc3cc[nH]c3c2)ccc1-c1ccsc1. The van der Waals surface area contributed by atoms with Crippen molar-refractivity contribution in [3.63, 3.8) is 0 Å². The number of amides is 3. The van der Waals surface area contributed by atoms with Crippen LogP contribution >= 0.6 is 11.3 Å². The van der Waals surface area contributed by atoms with Crippen LogP contribution in [0.3, 0.4) is 0 Å². The van der Waals surface area contributed by atoms with Crippen LogP contribution < -0.4 is 16.0 Å². The Bertz CT molecular complexity index is 1470. The van der Waals surface area contributed by atoms with Crippen molar-refractivity contribution in [1.82, 2.24) is 4.98 Å². The molecule has 0 saturated heterocycles. The van der Waals surface area contributed by atoms with Crippen molar-refractivity contribution in [3.05, 3.63) is 95.3 Å². The fourth-order valence-electron chi connectivity index (χ4n) is 3.62. The van der Waals surface area contributed by atoms with Crippen LogP contribution in [0.15, 0.2) is 89.8 Å². The third kappa shape index (κ3) is 4.62. The number of fused-ring (bicyclic) bond motifs is 1. The van der Waals surface area contributed by atoms with Gasteiger partial charge in [-0.2, -0.15) is 11.3 Å². The average molecular weight is 469 g/mol. The van der Waals surface area contributed by atoms with Crippen LogP contribution in [0.5, 0.6) is 5.75 Å². The van der Waals surface area contributed by atoms with Gasteiger partial charge in [-0.15, -0.1) is 0 Å². The van der Waals surface area contributed by atoms with E-state index in [0.29, 0.717) is 22.6 Å². The number of urea groups is 1. The van der Waals surface area contributed by atoms with Gasteiger partial charge in [0.05, 0.1) is 5.69 Å². The molecular formula is C26H20N4O3S. The number of rotatable bonds is 5. The van der Waals surface area contributed by atoms with Crippen LogP contribution in [-0.2, 0) is 0 Å². The van der Waals surface area contributed by atoms with Gasteiger partial charge in [-0.1, -0.05) is 12.1 Å². The summed E-state index contributed by atoms with van der Waals surface area (Å²) >= 11 is 1.55. The molecule has 5 N–H and O–H groups in total. The topological polar surface area (TPSA) is 106 Å². The predicted octanol–water partition coefficient (Wildman–Crippen LogP) is 6.50. The van der Waals surface area contributed by atoms with E-state index in [2.05, 4.69) is 20.9 Å². The molecule has 0 spiro atoms. The first kappa shape index (κ1) is 21.3. The molecule has 34 heavy (non-hydrogen) atoms. The minimum absolute atomic E-state index is 0.111. The number of carbonyl (C=O) groups is 2. The monoisotopic (exact) mass is 468 g/mol. The summed E-state index contributed by atoms with van der Waals surface area (Å²) < 4.78 is 0. The Morgan fingerprint density at radius 1 is 0.824 bits per heavy atom. The molecule has 7 nitrogen and oxygen atoms in total. The second kappa shape index (κ2) is 9.13. The lowest BCUT2D eigenvalue weighted by Crippen LogP contribution is -2.20. The number of aromatic amines is 1. The molecule has 2 heterocycles. The number of phenols is 1. The van der Waals surface area contributed by atoms with Crippen molar-refractivity contribution >= 4 is 51.2 Å². The molecule has 2 aromatic heterocycles. The van der Waals surface area contributed by atoms with Gasteiger partial charge in [-0.05, 0) is 82.4 Å². The van der Waals surface area contributed by atoms with Crippen molar-refractivity contribution in [1.29, 1.82) is 0 Å². The van der Waals surface area contributed by atoms with Crippen LogP contribution in [0.2, 0.25) is 0 Å². The highest BCUT2D eigenvalue weighted by Crippen LogP contribution is 2.31. The Morgan fingerprint density at radius 2 is 1.65 bits per heavy atom. The van der Waals surface area contributed by atoms with E-state index in [1.807, 2.05) is 53.4 Å². The number of hydrogen-bond donors (Lipinski definition) is 5. The minimum Gasteiger partial charge on any atom is -0.508 e. The van der Waals surface area contributed by atoms with Crippen LogP contribution in [0.4, 0.5) is 21.9 Å². The van der Waals surface area contributed by atoms with Crippen LogP contribution in [-0.4, -0.2) is 22.0 Å². The second-order valence-electron chi connectivity index (χ2n) is 7.63. The molecule has 5 aromatic rings. The summed E-state index contributed by atoms with van der Waals surface area (Å²) in [6.45, 7) is 0. The number of aromatic hydroxyl groups is 1. The maximum Gasteiger partial charge on any atom is 0.323 e. The quantitative estimate of drug-likeness (QED) is 0.190. The van der Waals surface area contributed by atoms with Gasteiger partial charge in [0, 0.05) is 34.2 Å². The lowest BCUT2D eigenvalue weighted by atomic mass is 10.0. The van der Waals surface area contributed by atoms with E-state index in [4.69, 9.17) is 0 Å². The Labute approximate surface area is 199 Å². The van der Waals surface area contributed by atoms with E-state index < -0.39 is 6.03 Å². The molecule has 0 bridgehead atoms. The Morgan fingerprint density at radius 3 is 2.44 bits per heavy atom. The number of thiophene rings is 1. The predicted molar refractivity (Wildman–Crippen MR) is 137 cm³/mol. The summed E-state index contributed by atoms with van der Waals surface area (Å²) in [6, 6.07) is 20.5. The second-order valence-corrected chi connectivity index (χ2v) is 8.41. The van der Waals surface area contributed by atoms with Crippen molar-refractivity contribution in [2.24, 2.45) is 0 Å². The van der Waals surface area contributed by atoms with Gasteiger partial charge in [0.25, 0.3) is 5.91 Å². The van der Waals surface area contributed by atoms with Gasteiger partial charge in [-0.25, -0.2) is 4.79 Å². The number of nitrogens with one attached hydrogen (secondary N) is 4. The summed E-state index contributed by atoms with van der Waals surface area (Å²) in [5.74, 6) is -0.176. The number of aromatic nitrogens is 1. The first-order chi connectivity index (χ1) is 16.5. The summed E-state index contributed by atoms with van der Waals surface area (Å²) in [5, 5.41) is 22.9.